The Hall–Kier alpha value is -3.29. The van der Waals surface area contributed by atoms with Crippen LogP contribution in [0.1, 0.15) is 51.4 Å². The summed E-state index contributed by atoms with van der Waals surface area (Å²) in [6.07, 6.45) is 0.330. The lowest BCUT2D eigenvalue weighted by molar-refractivity contribution is 0.0237. The topological polar surface area (TPSA) is 62.3 Å². The summed E-state index contributed by atoms with van der Waals surface area (Å²) in [5, 5.41) is 0. The van der Waals surface area contributed by atoms with E-state index in [0.29, 0.717) is 54.7 Å². The van der Waals surface area contributed by atoms with Gasteiger partial charge in [-0.25, -0.2) is 9.18 Å². The maximum absolute atomic E-state index is 15.1. The maximum atomic E-state index is 15.1. The molecule has 1 atom stereocenters. The van der Waals surface area contributed by atoms with E-state index in [9.17, 15) is 9.59 Å². The van der Waals surface area contributed by atoms with E-state index < -0.39 is 11.4 Å². The van der Waals surface area contributed by atoms with Crippen molar-refractivity contribution in [2.24, 2.45) is 5.92 Å². The van der Waals surface area contributed by atoms with Crippen LogP contribution >= 0.6 is 0 Å². The average molecular weight is 500 g/mol. The zero-order valence-corrected chi connectivity index (χ0v) is 22.4. The van der Waals surface area contributed by atoms with Crippen LogP contribution in [0.25, 0.3) is 0 Å². The highest BCUT2D eigenvalue weighted by Gasteiger charge is 2.32. The summed E-state index contributed by atoms with van der Waals surface area (Å²) in [5.74, 6) is 0.468. The third-order valence-electron chi connectivity index (χ3n) is 6.04. The number of nitrogens with zero attached hydrogens (tertiary/aromatic N) is 3. The molecule has 196 valence electrons. The van der Waals surface area contributed by atoms with Gasteiger partial charge in [-0.1, -0.05) is 13.8 Å². The van der Waals surface area contributed by atoms with Crippen LogP contribution in [0, 0.1) is 11.7 Å². The molecule has 0 aliphatic carbocycles. The van der Waals surface area contributed by atoms with Gasteiger partial charge in [0.2, 0.25) is 0 Å². The molecule has 0 N–H and O–H groups in total. The smallest absolute Gasteiger partial charge is 0.410 e. The van der Waals surface area contributed by atoms with E-state index >= 15 is 4.39 Å². The van der Waals surface area contributed by atoms with E-state index in [1.165, 1.54) is 11.0 Å². The molecule has 7 nitrogen and oxygen atoms in total. The number of halogens is 1. The average Bonchev–Trinajstić information content (AvgIpc) is 3.30. The van der Waals surface area contributed by atoms with Gasteiger partial charge in [0.25, 0.3) is 5.91 Å². The van der Waals surface area contributed by atoms with Crippen LogP contribution in [0.2, 0.25) is 0 Å². The van der Waals surface area contributed by atoms with Crippen molar-refractivity contribution in [3.8, 4) is 5.75 Å². The Balaban J connectivity index is 1.64. The Bertz CT molecular complexity index is 1070. The van der Waals surface area contributed by atoms with Crippen molar-refractivity contribution >= 4 is 23.4 Å². The van der Waals surface area contributed by atoms with Gasteiger partial charge >= 0.3 is 6.09 Å². The van der Waals surface area contributed by atoms with Gasteiger partial charge in [0.15, 0.2) is 0 Å². The van der Waals surface area contributed by atoms with Crippen molar-refractivity contribution in [1.29, 1.82) is 0 Å². The van der Waals surface area contributed by atoms with Gasteiger partial charge in [-0.05, 0) is 75.6 Å². The quantitative estimate of drug-likeness (QED) is 0.498. The molecule has 1 heterocycles. The van der Waals surface area contributed by atoms with Gasteiger partial charge in [0.1, 0.15) is 17.2 Å². The lowest BCUT2D eigenvalue weighted by Gasteiger charge is -2.29. The SMILES string of the molecule is CC(C)COc1ccc(C(=O)N(C)c2ccc(N3CCC(N(C)C(=O)OC(C)(C)C)C3)c(F)c2)cc1. The fourth-order valence-corrected chi connectivity index (χ4v) is 3.99. The zero-order chi connectivity index (χ0) is 26.6. The maximum Gasteiger partial charge on any atom is 0.410 e. The third-order valence-corrected chi connectivity index (χ3v) is 6.04. The highest BCUT2D eigenvalue weighted by Crippen LogP contribution is 2.29. The molecule has 1 aliphatic heterocycles. The number of likely N-dealkylation sites (N-methyl/N-ethyl adjacent to an activating group) is 1. The molecule has 1 saturated heterocycles. The highest BCUT2D eigenvalue weighted by molar-refractivity contribution is 6.05. The second kappa shape index (κ2) is 11.2. The zero-order valence-electron chi connectivity index (χ0n) is 22.4. The summed E-state index contributed by atoms with van der Waals surface area (Å²) >= 11 is 0. The monoisotopic (exact) mass is 499 g/mol. The molecule has 2 aromatic carbocycles. The fourth-order valence-electron chi connectivity index (χ4n) is 3.99. The van der Waals surface area contributed by atoms with E-state index in [2.05, 4.69) is 13.8 Å². The third kappa shape index (κ3) is 6.89. The fraction of sp³-hybridized carbons (Fsp3) is 0.500. The van der Waals surface area contributed by atoms with Crippen LogP contribution in [0.5, 0.6) is 5.75 Å². The van der Waals surface area contributed by atoms with E-state index in [1.54, 1.807) is 55.4 Å². The normalized spacial score (nSPS) is 15.7. The van der Waals surface area contributed by atoms with E-state index in [-0.39, 0.29) is 18.0 Å². The van der Waals surface area contributed by atoms with Crippen LogP contribution < -0.4 is 14.5 Å². The Kier molecular flexibility index (Phi) is 8.48. The summed E-state index contributed by atoms with van der Waals surface area (Å²) in [6.45, 7) is 11.4. The van der Waals surface area contributed by atoms with E-state index in [1.807, 2.05) is 25.7 Å². The Morgan fingerprint density at radius 3 is 2.36 bits per heavy atom. The number of benzene rings is 2. The van der Waals surface area contributed by atoms with Crippen LogP contribution in [-0.2, 0) is 4.74 Å². The Morgan fingerprint density at radius 2 is 1.78 bits per heavy atom. The number of rotatable bonds is 7. The van der Waals surface area contributed by atoms with E-state index in [0.717, 1.165) is 0 Å². The van der Waals surface area contributed by atoms with Gasteiger partial charge in [0.05, 0.1) is 18.3 Å². The second-order valence-corrected chi connectivity index (χ2v) is 10.7. The molecular weight excluding hydrogens is 461 g/mol. The highest BCUT2D eigenvalue weighted by atomic mass is 19.1. The molecule has 2 aromatic rings. The van der Waals surface area contributed by atoms with Gasteiger partial charge < -0.3 is 24.2 Å². The van der Waals surface area contributed by atoms with Crippen LogP contribution in [0.3, 0.4) is 0 Å². The minimum Gasteiger partial charge on any atom is -0.493 e. The van der Waals surface area contributed by atoms with Crippen molar-refractivity contribution in [3.05, 3.63) is 53.8 Å². The largest absolute Gasteiger partial charge is 0.493 e. The minimum atomic E-state index is -0.571. The van der Waals surface area contributed by atoms with Crippen molar-refractivity contribution in [2.75, 3.05) is 43.6 Å². The number of anilines is 2. The summed E-state index contributed by atoms with van der Waals surface area (Å²) in [5.41, 5.74) is 0.833. The number of ether oxygens (including phenoxy) is 2. The van der Waals surface area contributed by atoms with Crippen molar-refractivity contribution in [2.45, 2.75) is 52.7 Å². The standard InChI is InChI=1S/C28H38FN3O4/c1-19(2)18-35-23-11-8-20(9-12-23)26(33)30(6)21-10-13-25(24(29)16-21)32-15-14-22(17-32)31(7)27(34)36-28(3,4)5/h8-13,16,19,22H,14-15,17-18H2,1-7H3. The molecule has 0 saturated carbocycles. The second-order valence-electron chi connectivity index (χ2n) is 10.7. The molecule has 0 bridgehead atoms. The molecule has 1 unspecified atom stereocenters. The predicted octanol–water partition coefficient (Wildman–Crippen LogP) is 5.58. The summed E-state index contributed by atoms with van der Waals surface area (Å²) in [6, 6.07) is 11.7. The molecule has 0 radical (unpaired) electrons. The molecule has 0 spiro atoms. The van der Waals surface area contributed by atoms with Crippen molar-refractivity contribution < 1.29 is 23.5 Å². The van der Waals surface area contributed by atoms with Crippen molar-refractivity contribution in [3.63, 3.8) is 0 Å². The summed E-state index contributed by atoms with van der Waals surface area (Å²) in [4.78, 5) is 30.3. The molecule has 36 heavy (non-hydrogen) atoms. The Morgan fingerprint density at radius 1 is 1.11 bits per heavy atom. The predicted molar refractivity (Wildman–Crippen MR) is 141 cm³/mol. The summed E-state index contributed by atoms with van der Waals surface area (Å²) < 4.78 is 26.3. The number of carbonyl (C=O) groups excluding carboxylic acids is 2. The molecule has 8 heteroatoms. The summed E-state index contributed by atoms with van der Waals surface area (Å²) in [7, 11) is 3.34. The first-order valence-corrected chi connectivity index (χ1v) is 12.4. The lowest BCUT2D eigenvalue weighted by atomic mass is 10.1. The number of amides is 2. The number of carbonyl (C=O) groups is 2. The Labute approximate surface area is 213 Å². The molecular formula is C28H38FN3O4. The van der Waals surface area contributed by atoms with Crippen molar-refractivity contribution in [1.82, 2.24) is 4.90 Å². The first kappa shape index (κ1) is 27.3. The number of hydrogen-bond acceptors (Lipinski definition) is 5. The lowest BCUT2D eigenvalue weighted by Crippen LogP contribution is -2.42. The molecule has 2 amide bonds. The molecule has 1 fully saturated rings. The van der Waals surface area contributed by atoms with Crippen LogP contribution in [0.4, 0.5) is 20.6 Å². The van der Waals surface area contributed by atoms with E-state index in [4.69, 9.17) is 9.47 Å². The van der Waals surface area contributed by atoms with Gasteiger partial charge in [0, 0.05) is 38.4 Å². The molecule has 1 aliphatic rings. The van der Waals surface area contributed by atoms with Gasteiger partial charge in [-0.3, -0.25) is 4.79 Å². The first-order chi connectivity index (χ1) is 16.9. The first-order valence-electron chi connectivity index (χ1n) is 12.4. The van der Waals surface area contributed by atoms with Gasteiger partial charge in [-0.2, -0.15) is 0 Å². The molecule has 0 aromatic heterocycles. The van der Waals surface area contributed by atoms with Crippen LogP contribution in [-0.4, -0.2) is 62.3 Å². The molecule has 3 rings (SSSR count). The van der Waals surface area contributed by atoms with Gasteiger partial charge in [-0.15, -0.1) is 0 Å². The minimum absolute atomic E-state index is 0.0735. The number of hydrogen-bond donors (Lipinski definition) is 0. The van der Waals surface area contributed by atoms with Crippen LogP contribution in [0.15, 0.2) is 42.5 Å².